The number of aliphatic carboxylic acids is 1. The first-order valence-electron chi connectivity index (χ1n) is 6.84. The van der Waals surface area contributed by atoms with Crippen LogP contribution in [0.15, 0.2) is 23.0 Å². The smallest absolute Gasteiger partial charge is 0.323 e. The number of nitrogens with zero attached hydrogens (tertiary/aromatic N) is 4. The average molecular weight is 306 g/mol. The van der Waals surface area contributed by atoms with Gasteiger partial charge in [-0.25, -0.2) is 0 Å². The summed E-state index contributed by atoms with van der Waals surface area (Å²) >= 11 is 0. The van der Waals surface area contributed by atoms with Crippen LogP contribution in [0.5, 0.6) is 0 Å². The molecule has 1 N–H and O–H groups in total. The topological polar surface area (TPSA) is 101 Å². The van der Waals surface area contributed by atoms with Crippen LogP contribution in [0.1, 0.15) is 35.7 Å². The van der Waals surface area contributed by atoms with Crippen molar-refractivity contribution in [1.82, 2.24) is 19.8 Å². The molecule has 118 valence electrons. The lowest BCUT2D eigenvalue weighted by Gasteiger charge is -2.23. The van der Waals surface area contributed by atoms with Gasteiger partial charge in [-0.2, -0.15) is 5.10 Å². The van der Waals surface area contributed by atoms with Crippen molar-refractivity contribution in [2.75, 3.05) is 6.54 Å². The molecule has 0 aliphatic carbocycles. The van der Waals surface area contributed by atoms with Gasteiger partial charge in [0.1, 0.15) is 13.1 Å². The summed E-state index contributed by atoms with van der Waals surface area (Å²) < 4.78 is 6.80. The van der Waals surface area contributed by atoms with Gasteiger partial charge in [-0.1, -0.05) is 5.16 Å². The number of aromatic nitrogens is 3. The molecular formula is C14H18N4O4. The third-order valence-corrected chi connectivity index (χ3v) is 3.05. The summed E-state index contributed by atoms with van der Waals surface area (Å²) in [5, 5.41) is 16.7. The monoisotopic (exact) mass is 306 g/mol. The van der Waals surface area contributed by atoms with Crippen LogP contribution in [0.3, 0.4) is 0 Å². The largest absolute Gasteiger partial charge is 0.480 e. The highest BCUT2D eigenvalue weighted by atomic mass is 16.5. The normalized spacial score (nSPS) is 10.9. The lowest BCUT2D eigenvalue weighted by atomic mass is 10.2. The molecule has 0 aliphatic heterocycles. The third-order valence-electron chi connectivity index (χ3n) is 3.05. The van der Waals surface area contributed by atoms with Crippen molar-refractivity contribution in [1.29, 1.82) is 0 Å². The molecule has 2 rings (SSSR count). The van der Waals surface area contributed by atoms with Crippen molar-refractivity contribution in [2.24, 2.45) is 0 Å². The number of carbonyl (C=O) groups is 2. The zero-order chi connectivity index (χ0) is 16.3. The van der Waals surface area contributed by atoms with Crippen molar-refractivity contribution in [3.05, 3.63) is 35.5 Å². The molecule has 0 aromatic carbocycles. The Morgan fingerprint density at radius 2 is 2.18 bits per heavy atom. The first-order chi connectivity index (χ1) is 10.4. The van der Waals surface area contributed by atoms with Gasteiger partial charge in [0.2, 0.25) is 0 Å². The maximum absolute atomic E-state index is 12.3. The Labute approximate surface area is 127 Å². The van der Waals surface area contributed by atoms with Gasteiger partial charge >= 0.3 is 5.97 Å². The zero-order valence-corrected chi connectivity index (χ0v) is 12.7. The van der Waals surface area contributed by atoms with Gasteiger partial charge in [0.05, 0.1) is 6.20 Å². The molecule has 2 aromatic rings. The molecule has 0 radical (unpaired) electrons. The molecule has 0 atom stereocenters. The Morgan fingerprint density at radius 1 is 1.45 bits per heavy atom. The van der Waals surface area contributed by atoms with E-state index in [0.29, 0.717) is 12.3 Å². The molecule has 2 aromatic heterocycles. The standard InChI is InChI=1S/C14H18N4O4/c1-9(2)18(8-13(19)20)14(21)12-4-11(22-16-12)7-17-6-10(3)5-15-17/h4-6,9H,7-8H2,1-3H3,(H,19,20). The van der Waals surface area contributed by atoms with Gasteiger partial charge in [-0.15, -0.1) is 0 Å². The lowest BCUT2D eigenvalue weighted by molar-refractivity contribution is -0.138. The van der Waals surface area contributed by atoms with Gasteiger partial charge in [-0.3, -0.25) is 14.3 Å². The second-order valence-electron chi connectivity index (χ2n) is 5.31. The van der Waals surface area contributed by atoms with Crippen molar-refractivity contribution in [2.45, 2.75) is 33.4 Å². The second kappa shape index (κ2) is 6.42. The lowest BCUT2D eigenvalue weighted by Crippen LogP contribution is -2.40. The van der Waals surface area contributed by atoms with E-state index in [0.717, 1.165) is 5.56 Å². The van der Waals surface area contributed by atoms with Crippen LogP contribution in [-0.4, -0.2) is 49.4 Å². The molecular weight excluding hydrogens is 288 g/mol. The number of hydrogen-bond acceptors (Lipinski definition) is 5. The number of rotatable bonds is 6. The fourth-order valence-electron chi connectivity index (χ4n) is 1.98. The van der Waals surface area contributed by atoms with Crippen molar-refractivity contribution in [3.63, 3.8) is 0 Å². The van der Waals surface area contributed by atoms with Gasteiger partial charge in [0.25, 0.3) is 5.91 Å². The Morgan fingerprint density at radius 3 is 2.73 bits per heavy atom. The Bertz CT molecular complexity index is 674. The van der Waals surface area contributed by atoms with Gasteiger partial charge in [0, 0.05) is 18.3 Å². The number of carbonyl (C=O) groups excluding carboxylic acids is 1. The van der Waals surface area contributed by atoms with Crippen molar-refractivity contribution in [3.8, 4) is 0 Å². The summed E-state index contributed by atoms with van der Waals surface area (Å²) in [5.41, 5.74) is 1.11. The zero-order valence-electron chi connectivity index (χ0n) is 12.7. The first-order valence-corrected chi connectivity index (χ1v) is 6.84. The molecule has 22 heavy (non-hydrogen) atoms. The number of hydrogen-bond donors (Lipinski definition) is 1. The van der Waals surface area contributed by atoms with Crippen molar-refractivity contribution < 1.29 is 19.2 Å². The van der Waals surface area contributed by atoms with E-state index >= 15 is 0 Å². The fourth-order valence-corrected chi connectivity index (χ4v) is 1.98. The third kappa shape index (κ3) is 3.72. The molecule has 0 bridgehead atoms. The maximum atomic E-state index is 12.3. The van der Waals surface area contributed by atoms with Gasteiger partial charge < -0.3 is 14.5 Å². The van der Waals surface area contributed by atoms with Crippen molar-refractivity contribution >= 4 is 11.9 Å². The number of amides is 1. The average Bonchev–Trinajstić information content (AvgIpc) is 3.04. The molecule has 0 spiro atoms. The molecule has 0 saturated heterocycles. The summed E-state index contributed by atoms with van der Waals surface area (Å²) in [6, 6.07) is 1.26. The van der Waals surface area contributed by atoms with Gasteiger partial charge in [0.15, 0.2) is 11.5 Å². The van der Waals surface area contributed by atoms with Crippen LogP contribution in [0, 0.1) is 6.92 Å². The molecule has 0 unspecified atom stereocenters. The number of carboxylic acid groups (broad SMARTS) is 1. The SMILES string of the molecule is Cc1cnn(Cc2cc(C(=O)N(CC(=O)O)C(C)C)no2)c1. The minimum atomic E-state index is -1.07. The van der Waals surface area contributed by atoms with E-state index in [-0.39, 0.29) is 18.3 Å². The van der Waals surface area contributed by atoms with E-state index in [4.69, 9.17) is 9.63 Å². The first kappa shape index (κ1) is 15.7. The predicted octanol–water partition coefficient (Wildman–Crippen LogP) is 1.16. The summed E-state index contributed by atoms with van der Waals surface area (Å²) in [6.07, 6.45) is 3.56. The van der Waals surface area contributed by atoms with Crippen LogP contribution in [0.25, 0.3) is 0 Å². The fraction of sp³-hybridized carbons (Fsp3) is 0.429. The number of carboxylic acids is 1. The van der Waals surface area contributed by atoms with E-state index in [2.05, 4.69) is 10.3 Å². The van der Waals surface area contributed by atoms with Gasteiger partial charge in [-0.05, 0) is 26.3 Å². The minimum absolute atomic E-state index is 0.0915. The Kier molecular flexibility index (Phi) is 4.59. The van der Waals surface area contributed by atoms with Crippen LogP contribution < -0.4 is 0 Å². The van der Waals surface area contributed by atoms with Crippen LogP contribution in [-0.2, 0) is 11.3 Å². The molecule has 0 saturated carbocycles. The predicted molar refractivity (Wildman–Crippen MR) is 76.4 cm³/mol. The highest BCUT2D eigenvalue weighted by molar-refractivity contribution is 5.94. The quantitative estimate of drug-likeness (QED) is 0.859. The summed E-state index contributed by atoms with van der Waals surface area (Å²) in [6.45, 7) is 5.39. The van der Waals surface area contributed by atoms with E-state index in [1.807, 2.05) is 13.1 Å². The van der Waals surface area contributed by atoms with Crippen LogP contribution in [0.4, 0.5) is 0 Å². The maximum Gasteiger partial charge on any atom is 0.323 e. The second-order valence-corrected chi connectivity index (χ2v) is 5.31. The van der Waals surface area contributed by atoms with Crippen LogP contribution in [0.2, 0.25) is 0 Å². The summed E-state index contributed by atoms with van der Waals surface area (Å²) in [5.74, 6) is -1.06. The van der Waals surface area contributed by atoms with E-state index in [1.165, 1.54) is 11.0 Å². The molecule has 8 nitrogen and oxygen atoms in total. The molecule has 0 fully saturated rings. The highest BCUT2D eigenvalue weighted by Crippen LogP contribution is 2.11. The van der Waals surface area contributed by atoms with E-state index in [9.17, 15) is 9.59 Å². The molecule has 1 amide bonds. The summed E-state index contributed by atoms with van der Waals surface area (Å²) in [7, 11) is 0. The van der Waals surface area contributed by atoms with Crippen LogP contribution >= 0.6 is 0 Å². The highest BCUT2D eigenvalue weighted by Gasteiger charge is 2.24. The molecule has 0 aliphatic rings. The Hall–Kier alpha value is -2.64. The minimum Gasteiger partial charge on any atom is -0.480 e. The van der Waals surface area contributed by atoms with E-state index < -0.39 is 11.9 Å². The molecule has 8 heteroatoms. The Balaban J connectivity index is 2.12. The summed E-state index contributed by atoms with van der Waals surface area (Å²) in [4.78, 5) is 24.4. The van der Waals surface area contributed by atoms with E-state index in [1.54, 1.807) is 24.7 Å². The number of aryl methyl sites for hydroxylation is 1. The molecule has 2 heterocycles.